The van der Waals surface area contributed by atoms with E-state index in [4.69, 9.17) is 24.1 Å². The Balaban J connectivity index is 0.000000270. The first kappa shape index (κ1) is 40.6. The predicted octanol–water partition coefficient (Wildman–Crippen LogP) is 6.29. The molecular formula is C34H52Br2N4O7. The molecule has 0 saturated carbocycles. The number of piperazine rings is 2. The highest BCUT2D eigenvalue weighted by atomic mass is 79.9. The molecule has 0 aliphatic carbocycles. The smallest absolute Gasteiger partial charge is 0.410 e. The standard InChI is InChI=1S/C17H25BrN2O3.C9H18N2O2.C8H9BrO2/c1-17(2,3)23-16(21)20-9-7-19(8-10-20)12-13-5-6-14(18)11-15(13)22-4;1-9(2,3)13-8(12)11-6-4-10-5-7-11;1-11-8-4-7(9)3-2-6(8)5-10/h5-6,11H,7-10,12H2,1-4H3;10H,4-7H2,1-3H3;2-4,10H,5H2,1H3. The maximum absolute atomic E-state index is 12.1. The quantitative estimate of drug-likeness (QED) is 0.362. The molecule has 2 heterocycles. The van der Waals surface area contributed by atoms with Gasteiger partial charge in [-0.25, -0.2) is 9.59 Å². The lowest BCUT2D eigenvalue weighted by Crippen LogP contribution is -2.49. The van der Waals surface area contributed by atoms with Gasteiger partial charge >= 0.3 is 12.2 Å². The van der Waals surface area contributed by atoms with Crippen LogP contribution in [0, 0.1) is 0 Å². The number of aliphatic hydroxyl groups is 1. The van der Waals surface area contributed by atoms with Gasteiger partial charge in [0, 0.05) is 79.0 Å². The van der Waals surface area contributed by atoms with Gasteiger partial charge in [0.1, 0.15) is 22.7 Å². The van der Waals surface area contributed by atoms with Crippen molar-refractivity contribution >= 4 is 44.0 Å². The highest BCUT2D eigenvalue weighted by Crippen LogP contribution is 2.25. The molecule has 2 aliphatic rings. The number of amides is 2. The summed E-state index contributed by atoms with van der Waals surface area (Å²) in [4.78, 5) is 29.4. The van der Waals surface area contributed by atoms with Crippen LogP contribution in [0.25, 0.3) is 0 Å². The van der Waals surface area contributed by atoms with Crippen molar-refractivity contribution in [2.24, 2.45) is 0 Å². The predicted molar refractivity (Wildman–Crippen MR) is 191 cm³/mol. The number of hydrogen-bond donors (Lipinski definition) is 2. The van der Waals surface area contributed by atoms with E-state index >= 15 is 0 Å². The van der Waals surface area contributed by atoms with Gasteiger partial charge < -0.3 is 39.2 Å². The van der Waals surface area contributed by atoms with Gasteiger partial charge in [-0.3, -0.25) is 4.90 Å². The van der Waals surface area contributed by atoms with Crippen molar-refractivity contribution in [3.05, 3.63) is 56.5 Å². The van der Waals surface area contributed by atoms with Gasteiger partial charge in [-0.15, -0.1) is 0 Å². The zero-order valence-electron chi connectivity index (χ0n) is 29.0. The molecule has 2 amide bonds. The molecule has 2 aliphatic heterocycles. The van der Waals surface area contributed by atoms with E-state index in [9.17, 15) is 9.59 Å². The van der Waals surface area contributed by atoms with E-state index < -0.39 is 5.60 Å². The van der Waals surface area contributed by atoms with Gasteiger partial charge in [-0.1, -0.05) is 44.0 Å². The fraction of sp³-hybridized carbons (Fsp3) is 0.588. The first-order chi connectivity index (χ1) is 22.0. The number of halogens is 2. The maximum atomic E-state index is 12.1. The minimum atomic E-state index is -0.445. The summed E-state index contributed by atoms with van der Waals surface area (Å²) in [6.45, 7) is 18.4. The van der Waals surface area contributed by atoms with Crippen LogP contribution in [0.15, 0.2) is 45.3 Å². The first-order valence-corrected chi connectivity index (χ1v) is 17.3. The van der Waals surface area contributed by atoms with Crippen LogP contribution < -0.4 is 14.8 Å². The van der Waals surface area contributed by atoms with E-state index in [1.807, 2.05) is 71.9 Å². The number of carbonyl (C=O) groups excluding carboxylic acids is 2. The number of benzene rings is 2. The molecule has 0 atom stereocenters. The molecule has 0 radical (unpaired) electrons. The second kappa shape index (κ2) is 19.4. The molecule has 4 rings (SSSR count). The third-order valence-electron chi connectivity index (χ3n) is 6.86. The van der Waals surface area contributed by atoms with Crippen LogP contribution in [0.5, 0.6) is 11.5 Å². The molecule has 2 fully saturated rings. The Morgan fingerprint density at radius 1 is 0.723 bits per heavy atom. The maximum Gasteiger partial charge on any atom is 0.410 e. The van der Waals surface area contributed by atoms with Gasteiger partial charge in [-0.2, -0.15) is 0 Å². The molecule has 2 aromatic rings. The molecule has 2 aromatic carbocycles. The van der Waals surface area contributed by atoms with E-state index in [1.54, 1.807) is 24.0 Å². The summed E-state index contributed by atoms with van der Waals surface area (Å²) in [5, 5.41) is 12.0. The molecule has 47 heavy (non-hydrogen) atoms. The molecule has 2 N–H and O–H groups in total. The van der Waals surface area contributed by atoms with Crippen molar-refractivity contribution in [1.82, 2.24) is 20.0 Å². The third kappa shape index (κ3) is 15.5. The summed E-state index contributed by atoms with van der Waals surface area (Å²) in [7, 11) is 3.27. The average Bonchev–Trinajstić information content (AvgIpc) is 3.01. The monoisotopic (exact) mass is 786 g/mol. The number of methoxy groups -OCH3 is 2. The van der Waals surface area contributed by atoms with Gasteiger partial charge in [0.2, 0.25) is 0 Å². The fourth-order valence-corrected chi connectivity index (χ4v) is 5.21. The van der Waals surface area contributed by atoms with Crippen LogP contribution in [0.3, 0.4) is 0 Å². The topological polar surface area (TPSA) is 113 Å². The van der Waals surface area contributed by atoms with E-state index in [0.717, 1.165) is 71.6 Å². The molecule has 264 valence electrons. The summed E-state index contributed by atoms with van der Waals surface area (Å²) < 4.78 is 23.1. The van der Waals surface area contributed by atoms with E-state index in [1.165, 1.54) is 0 Å². The number of nitrogens with one attached hydrogen (secondary N) is 1. The fourth-order valence-electron chi connectivity index (χ4n) is 4.53. The van der Waals surface area contributed by atoms with E-state index in [2.05, 4.69) is 48.1 Å². The number of carbonyl (C=O) groups is 2. The van der Waals surface area contributed by atoms with Crippen molar-refractivity contribution in [1.29, 1.82) is 0 Å². The first-order valence-electron chi connectivity index (χ1n) is 15.7. The SMILES string of the molecule is CC(C)(C)OC(=O)N1CCNCC1.COc1cc(Br)ccc1CN1CCN(C(=O)OC(C)(C)C)CC1.COc1cc(Br)ccc1CO. The zero-order valence-corrected chi connectivity index (χ0v) is 32.2. The average molecular weight is 789 g/mol. The third-order valence-corrected chi connectivity index (χ3v) is 7.84. The lowest BCUT2D eigenvalue weighted by atomic mass is 10.1. The molecule has 0 spiro atoms. The molecule has 0 bridgehead atoms. The number of nitrogens with zero attached hydrogens (tertiary/aromatic N) is 3. The second-order valence-corrected chi connectivity index (χ2v) is 14.9. The van der Waals surface area contributed by atoms with Crippen LogP contribution in [0.1, 0.15) is 52.7 Å². The minimum absolute atomic E-state index is 0.0104. The van der Waals surface area contributed by atoms with Gasteiger partial charge in [-0.05, 0) is 65.8 Å². The van der Waals surface area contributed by atoms with Crippen LogP contribution in [0.2, 0.25) is 0 Å². The van der Waals surface area contributed by atoms with Crippen LogP contribution in [-0.4, -0.2) is 110 Å². The Hall–Kier alpha value is -2.58. The molecule has 11 nitrogen and oxygen atoms in total. The minimum Gasteiger partial charge on any atom is -0.496 e. The van der Waals surface area contributed by atoms with Crippen molar-refractivity contribution in [2.75, 3.05) is 66.6 Å². The Kier molecular flexibility index (Phi) is 16.8. The Labute approximate surface area is 297 Å². The van der Waals surface area contributed by atoms with Crippen LogP contribution in [-0.2, 0) is 22.6 Å². The highest BCUT2D eigenvalue weighted by molar-refractivity contribution is 9.10. The lowest BCUT2D eigenvalue weighted by Gasteiger charge is -2.35. The van der Waals surface area contributed by atoms with E-state index in [-0.39, 0.29) is 24.4 Å². The van der Waals surface area contributed by atoms with Crippen LogP contribution in [0.4, 0.5) is 9.59 Å². The summed E-state index contributed by atoms with van der Waals surface area (Å²) >= 11 is 6.76. The van der Waals surface area contributed by atoms with Gasteiger partial charge in [0.05, 0.1) is 20.8 Å². The molecule has 0 aromatic heterocycles. The summed E-state index contributed by atoms with van der Waals surface area (Å²) in [6.07, 6.45) is -0.424. The highest BCUT2D eigenvalue weighted by Gasteiger charge is 2.26. The Bertz CT molecular complexity index is 1270. The number of hydrogen-bond acceptors (Lipinski definition) is 9. The van der Waals surface area contributed by atoms with Crippen molar-refractivity contribution in [2.45, 2.75) is 65.9 Å². The van der Waals surface area contributed by atoms with E-state index in [0.29, 0.717) is 18.8 Å². The Morgan fingerprint density at radius 3 is 1.57 bits per heavy atom. The van der Waals surface area contributed by atoms with Crippen molar-refractivity contribution in [3.8, 4) is 11.5 Å². The largest absolute Gasteiger partial charge is 0.496 e. The van der Waals surface area contributed by atoms with Crippen LogP contribution >= 0.6 is 31.9 Å². The zero-order chi connectivity index (χ0) is 35.2. The lowest BCUT2D eigenvalue weighted by molar-refractivity contribution is 0.0137. The normalized spacial score (nSPS) is 15.4. The molecular weight excluding hydrogens is 736 g/mol. The van der Waals surface area contributed by atoms with Crippen molar-refractivity contribution in [3.63, 3.8) is 0 Å². The number of ether oxygens (including phenoxy) is 4. The summed E-state index contributed by atoms with van der Waals surface area (Å²) in [6, 6.07) is 11.6. The molecule has 13 heteroatoms. The molecule has 0 unspecified atom stereocenters. The summed E-state index contributed by atoms with van der Waals surface area (Å²) in [5.41, 5.74) is 1.12. The summed E-state index contributed by atoms with van der Waals surface area (Å²) in [5.74, 6) is 1.59. The van der Waals surface area contributed by atoms with Gasteiger partial charge in [0.25, 0.3) is 0 Å². The Morgan fingerprint density at radius 2 is 1.15 bits per heavy atom. The van der Waals surface area contributed by atoms with Crippen molar-refractivity contribution < 1.29 is 33.6 Å². The number of rotatable bonds is 5. The second-order valence-electron chi connectivity index (χ2n) is 13.0. The molecule has 2 saturated heterocycles. The number of aliphatic hydroxyl groups excluding tert-OH is 1. The van der Waals surface area contributed by atoms with Gasteiger partial charge in [0.15, 0.2) is 0 Å².